The molecule has 1 aliphatic heterocycles. The number of carbonyl (C=O) groups excluding carboxylic acids is 2. The van der Waals surface area contributed by atoms with Crippen LogP contribution < -0.4 is 0 Å². The SMILES string of the molecule is CSc1ccc(C(=O)O[C@@H](C)C(=O)N2CCCCCC2)cc1[N+](=O)[O-]. The highest BCUT2D eigenvalue weighted by molar-refractivity contribution is 7.98. The summed E-state index contributed by atoms with van der Waals surface area (Å²) in [5, 5.41) is 11.1. The van der Waals surface area contributed by atoms with Crippen molar-refractivity contribution >= 4 is 29.3 Å². The molecule has 1 saturated heterocycles. The lowest BCUT2D eigenvalue weighted by Gasteiger charge is -2.24. The van der Waals surface area contributed by atoms with E-state index in [2.05, 4.69) is 0 Å². The van der Waals surface area contributed by atoms with Crippen LogP contribution >= 0.6 is 11.8 Å². The minimum absolute atomic E-state index is 0.0695. The molecule has 0 unspecified atom stereocenters. The van der Waals surface area contributed by atoms with Gasteiger partial charge in [0.05, 0.1) is 15.4 Å². The average Bonchev–Trinajstić information content (AvgIpc) is 2.89. The van der Waals surface area contributed by atoms with Crippen LogP contribution in [0, 0.1) is 10.1 Å². The first-order valence-corrected chi connectivity index (χ1v) is 9.48. The van der Waals surface area contributed by atoms with Crippen LogP contribution in [0.25, 0.3) is 0 Å². The van der Waals surface area contributed by atoms with Crippen molar-refractivity contribution in [2.75, 3.05) is 19.3 Å². The predicted molar refractivity (Wildman–Crippen MR) is 94.8 cm³/mol. The first kappa shape index (κ1) is 19.2. The number of nitro groups is 1. The number of nitrogens with zero attached hydrogens (tertiary/aromatic N) is 2. The Balaban J connectivity index is 2.06. The summed E-state index contributed by atoms with van der Waals surface area (Å²) in [6, 6.07) is 4.18. The largest absolute Gasteiger partial charge is 0.449 e. The Morgan fingerprint density at radius 2 is 1.88 bits per heavy atom. The van der Waals surface area contributed by atoms with Gasteiger partial charge in [-0.15, -0.1) is 11.8 Å². The fourth-order valence-electron chi connectivity index (χ4n) is 2.79. The summed E-state index contributed by atoms with van der Waals surface area (Å²) in [6.07, 6.45) is 4.92. The van der Waals surface area contributed by atoms with Crippen molar-refractivity contribution in [1.29, 1.82) is 0 Å². The zero-order valence-corrected chi connectivity index (χ0v) is 15.2. The Morgan fingerprint density at radius 1 is 1.24 bits per heavy atom. The minimum atomic E-state index is -0.912. The Kier molecular flexibility index (Phi) is 6.81. The van der Waals surface area contributed by atoms with Crippen molar-refractivity contribution in [2.24, 2.45) is 0 Å². The molecule has 25 heavy (non-hydrogen) atoms. The molecule has 0 radical (unpaired) electrons. The van der Waals surface area contributed by atoms with Crippen molar-refractivity contribution in [2.45, 2.75) is 43.6 Å². The number of thioether (sulfide) groups is 1. The lowest BCUT2D eigenvalue weighted by Crippen LogP contribution is -2.40. The van der Waals surface area contributed by atoms with Gasteiger partial charge in [0.25, 0.3) is 11.6 Å². The van der Waals surface area contributed by atoms with Crippen LogP contribution in [0.1, 0.15) is 43.0 Å². The number of nitro benzene ring substituents is 1. The summed E-state index contributed by atoms with van der Waals surface area (Å²) >= 11 is 1.23. The molecule has 8 heteroatoms. The van der Waals surface area contributed by atoms with Crippen LogP contribution in [0.4, 0.5) is 5.69 Å². The maximum Gasteiger partial charge on any atom is 0.339 e. The number of ether oxygens (including phenoxy) is 1. The van der Waals surface area contributed by atoms with Crippen LogP contribution in [-0.4, -0.2) is 47.1 Å². The summed E-state index contributed by atoms with van der Waals surface area (Å²) in [5.41, 5.74) is -0.0755. The smallest absolute Gasteiger partial charge is 0.339 e. The van der Waals surface area contributed by atoms with Gasteiger partial charge in [-0.1, -0.05) is 12.8 Å². The topological polar surface area (TPSA) is 89.8 Å². The molecule has 1 aromatic rings. The quantitative estimate of drug-likeness (QED) is 0.344. The second-order valence-electron chi connectivity index (χ2n) is 5.93. The van der Waals surface area contributed by atoms with Gasteiger partial charge in [0.2, 0.25) is 0 Å². The number of esters is 1. The Labute approximate surface area is 150 Å². The van der Waals surface area contributed by atoms with E-state index in [1.54, 1.807) is 11.2 Å². The number of likely N-dealkylation sites (tertiary alicyclic amines) is 1. The molecular formula is C17H22N2O5S. The lowest BCUT2D eigenvalue weighted by molar-refractivity contribution is -0.387. The van der Waals surface area contributed by atoms with Crippen molar-refractivity contribution in [3.8, 4) is 0 Å². The highest BCUT2D eigenvalue weighted by atomic mass is 32.2. The second-order valence-corrected chi connectivity index (χ2v) is 6.78. The lowest BCUT2D eigenvalue weighted by atomic mass is 10.2. The molecule has 1 heterocycles. The molecule has 1 fully saturated rings. The van der Waals surface area contributed by atoms with Crippen molar-refractivity contribution < 1.29 is 19.2 Å². The van der Waals surface area contributed by atoms with Gasteiger partial charge in [-0.25, -0.2) is 4.79 Å². The maximum absolute atomic E-state index is 12.4. The van der Waals surface area contributed by atoms with Gasteiger partial charge in [-0.05, 0) is 38.2 Å². The van der Waals surface area contributed by atoms with Crippen molar-refractivity contribution in [3.05, 3.63) is 33.9 Å². The highest BCUT2D eigenvalue weighted by Gasteiger charge is 2.26. The summed E-state index contributed by atoms with van der Waals surface area (Å²) in [6.45, 7) is 2.89. The van der Waals surface area contributed by atoms with Gasteiger partial charge in [-0.3, -0.25) is 14.9 Å². The summed E-state index contributed by atoms with van der Waals surface area (Å²) < 4.78 is 5.24. The summed E-state index contributed by atoms with van der Waals surface area (Å²) in [5.74, 6) is -0.947. The van der Waals surface area contributed by atoms with Gasteiger partial charge >= 0.3 is 5.97 Å². The van der Waals surface area contributed by atoms with Gasteiger partial charge in [0.1, 0.15) is 0 Å². The van der Waals surface area contributed by atoms with Crippen LogP contribution in [-0.2, 0) is 9.53 Å². The van der Waals surface area contributed by atoms with E-state index in [0.29, 0.717) is 18.0 Å². The molecule has 0 saturated carbocycles. The average molecular weight is 366 g/mol. The van der Waals surface area contributed by atoms with Crippen molar-refractivity contribution in [1.82, 2.24) is 4.90 Å². The molecule has 1 aliphatic rings. The summed E-state index contributed by atoms with van der Waals surface area (Å²) in [4.78, 5) is 37.5. The molecule has 1 amide bonds. The van der Waals surface area contributed by atoms with Crippen molar-refractivity contribution in [3.63, 3.8) is 0 Å². The van der Waals surface area contributed by atoms with E-state index < -0.39 is 17.0 Å². The molecule has 2 rings (SSSR count). The fourth-order valence-corrected chi connectivity index (χ4v) is 3.33. The Morgan fingerprint density at radius 3 is 2.44 bits per heavy atom. The van der Waals surface area contributed by atoms with E-state index >= 15 is 0 Å². The highest BCUT2D eigenvalue weighted by Crippen LogP contribution is 2.28. The molecular weight excluding hydrogens is 344 g/mol. The molecule has 0 aliphatic carbocycles. The zero-order chi connectivity index (χ0) is 18.4. The van der Waals surface area contributed by atoms with Gasteiger partial charge in [0, 0.05) is 19.2 Å². The first-order valence-electron chi connectivity index (χ1n) is 8.26. The molecule has 0 aromatic heterocycles. The zero-order valence-electron chi connectivity index (χ0n) is 14.4. The summed E-state index contributed by atoms with van der Waals surface area (Å²) in [7, 11) is 0. The molecule has 7 nitrogen and oxygen atoms in total. The van der Waals surface area contributed by atoms with Crippen LogP contribution in [0.15, 0.2) is 23.1 Å². The normalized spacial score (nSPS) is 16.0. The molecule has 1 aromatic carbocycles. The molecule has 0 spiro atoms. The predicted octanol–water partition coefficient (Wildman–Crippen LogP) is 3.26. The van der Waals surface area contributed by atoms with E-state index in [9.17, 15) is 19.7 Å². The minimum Gasteiger partial charge on any atom is -0.449 e. The maximum atomic E-state index is 12.4. The molecule has 1 atom stereocenters. The third kappa shape index (κ3) is 4.94. The monoisotopic (exact) mass is 366 g/mol. The first-order chi connectivity index (χ1) is 11.9. The number of hydrogen-bond acceptors (Lipinski definition) is 6. The van der Waals surface area contributed by atoms with Gasteiger partial charge < -0.3 is 9.64 Å². The van der Waals surface area contributed by atoms with E-state index in [1.807, 2.05) is 0 Å². The van der Waals surface area contributed by atoms with Crippen LogP contribution in [0.2, 0.25) is 0 Å². The third-order valence-electron chi connectivity index (χ3n) is 4.16. The van der Waals surface area contributed by atoms with Gasteiger partial charge in [0.15, 0.2) is 6.10 Å². The van der Waals surface area contributed by atoms with E-state index in [0.717, 1.165) is 25.7 Å². The number of carbonyl (C=O) groups is 2. The molecule has 136 valence electrons. The number of benzene rings is 1. The second kappa shape index (κ2) is 8.84. The van der Waals surface area contributed by atoms with E-state index in [-0.39, 0.29) is 17.2 Å². The standard InChI is InChI=1S/C17H22N2O5S/c1-12(16(20)18-9-5-3-4-6-10-18)24-17(21)13-7-8-15(25-2)14(11-13)19(22)23/h7-8,11-12H,3-6,9-10H2,1-2H3/t12-/m0/s1. The van der Waals surface area contributed by atoms with Gasteiger partial charge in [-0.2, -0.15) is 0 Å². The number of hydrogen-bond donors (Lipinski definition) is 0. The third-order valence-corrected chi connectivity index (χ3v) is 4.95. The molecule has 0 bridgehead atoms. The Bertz CT molecular complexity index is 656. The fraction of sp³-hybridized carbons (Fsp3) is 0.529. The van der Waals surface area contributed by atoms with Crippen LogP contribution in [0.3, 0.4) is 0 Å². The number of rotatable bonds is 5. The van der Waals surface area contributed by atoms with E-state index in [1.165, 1.54) is 36.9 Å². The Hall–Kier alpha value is -2.09. The number of amides is 1. The van der Waals surface area contributed by atoms with E-state index in [4.69, 9.17) is 4.74 Å². The van der Waals surface area contributed by atoms with Crippen LogP contribution in [0.5, 0.6) is 0 Å². The molecule has 0 N–H and O–H groups in total.